The van der Waals surface area contributed by atoms with E-state index in [2.05, 4.69) is 25.9 Å². The molecule has 3 rings (SSSR count). The number of H-pyrrole nitrogens is 1. The molecular formula is C14H11BrFN3. The van der Waals surface area contributed by atoms with Gasteiger partial charge < -0.3 is 10.7 Å². The standard InChI is InChI=1S/C14H11BrFN3/c1-7-4-8(2-3-10(7)16)14-18-12-6-9(15)5-11(17)13(12)19-14/h2-6H,17H2,1H3,(H,18,19). The number of fused-ring (bicyclic) bond motifs is 1. The minimum atomic E-state index is -0.220. The van der Waals surface area contributed by atoms with Gasteiger partial charge in [-0.3, -0.25) is 0 Å². The molecule has 0 aliphatic heterocycles. The van der Waals surface area contributed by atoms with Gasteiger partial charge in [-0.15, -0.1) is 0 Å². The lowest BCUT2D eigenvalue weighted by Crippen LogP contribution is -1.87. The van der Waals surface area contributed by atoms with E-state index in [-0.39, 0.29) is 5.82 Å². The lowest BCUT2D eigenvalue weighted by Gasteiger charge is -1.99. The number of hydrogen-bond donors (Lipinski definition) is 2. The van der Waals surface area contributed by atoms with E-state index in [9.17, 15) is 4.39 Å². The molecule has 0 fully saturated rings. The monoisotopic (exact) mass is 319 g/mol. The van der Waals surface area contributed by atoms with Crippen LogP contribution >= 0.6 is 15.9 Å². The van der Waals surface area contributed by atoms with Crippen LogP contribution in [0.2, 0.25) is 0 Å². The quantitative estimate of drug-likeness (QED) is 0.665. The largest absolute Gasteiger partial charge is 0.397 e. The van der Waals surface area contributed by atoms with Crippen molar-refractivity contribution in [3.8, 4) is 11.4 Å². The molecule has 0 unspecified atom stereocenters. The predicted molar refractivity (Wildman–Crippen MR) is 78.3 cm³/mol. The zero-order chi connectivity index (χ0) is 13.6. The van der Waals surface area contributed by atoms with Gasteiger partial charge in [0.1, 0.15) is 17.2 Å². The van der Waals surface area contributed by atoms with Crippen molar-refractivity contribution in [1.82, 2.24) is 9.97 Å². The average Bonchev–Trinajstić information content (AvgIpc) is 2.76. The fourth-order valence-electron chi connectivity index (χ4n) is 2.04. The highest BCUT2D eigenvalue weighted by Crippen LogP contribution is 2.28. The first-order chi connectivity index (χ1) is 9.04. The molecule has 0 radical (unpaired) electrons. The van der Waals surface area contributed by atoms with Crippen molar-refractivity contribution in [1.29, 1.82) is 0 Å². The molecule has 3 N–H and O–H groups in total. The zero-order valence-electron chi connectivity index (χ0n) is 10.2. The molecule has 3 aromatic rings. The number of aryl methyl sites for hydroxylation is 1. The summed E-state index contributed by atoms with van der Waals surface area (Å²) in [6, 6.07) is 8.63. The topological polar surface area (TPSA) is 54.7 Å². The Morgan fingerprint density at radius 3 is 2.79 bits per heavy atom. The number of imidazole rings is 1. The van der Waals surface area contributed by atoms with Crippen LogP contribution in [0.25, 0.3) is 22.4 Å². The number of nitrogens with two attached hydrogens (primary N) is 1. The summed E-state index contributed by atoms with van der Waals surface area (Å²) >= 11 is 3.39. The first kappa shape index (κ1) is 12.2. The zero-order valence-corrected chi connectivity index (χ0v) is 11.8. The number of nitrogens with zero attached hydrogens (tertiary/aromatic N) is 1. The molecule has 0 aliphatic rings. The number of hydrogen-bond acceptors (Lipinski definition) is 2. The van der Waals surface area contributed by atoms with E-state index in [0.717, 1.165) is 21.1 Å². The third-order valence-electron chi connectivity index (χ3n) is 3.01. The average molecular weight is 320 g/mol. The van der Waals surface area contributed by atoms with Gasteiger partial charge in [0, 0.05) is 10.0 Å². The van der Waals surface area contributed by atoms with Crippen LogP contribution in [0.5, 0.6) is 0 Å². The summed E-state index contributed by atoms with van der Waals surface area (Å²) in [7, 11) is 0. The summed E-state index contributed by atoms with van der Waals surface area (Å²) in [4.78, 5) is 7.67. The van der Waals surface area contributed by atoms with E-state index in [1.807, 2.05) is 12.1 Å². The van der Waals surface area contributed by atoms with Crippen LogP contribution < -0.4 is 5.73 Å². The molecule has 0 saturated heterocycles. The number of aromatic nitrogens is 2. The summed E-state index contributed by atoms with van der Waals surface area (Å²) in [5.74, 6) is 0.463. The second-order valence-corrected chi connectivity index (χ2v) is 5.36. The maximum Gasteiger partial charge on any atom is 0.138 e. The Morgan fingerprint density at radius 1 is 1.26 bits per heavy atom. The smallest absolute Gasteiger partial charge is 0.138 e. The third kappa shape index (κ3) is 2.10. The summed E-state index contributed by atoms with van der Waals surface area (Å²) in [5.41, 5.74) is 9.53. The Labute approximate surface area is 117 Å². The first-order valence-electron chi connectivity index (χ1n) is 5.76. The van der Waals surface area contributed by atoms with Crippen molar-refractivity contribution in [3.05, 3.63) is 46.2 Å². The van der Waals surface area contributed by atoms with Gasteiger partial charge in [-0.25, -0.2) is 9.37 Å². The molecule has 1 heterocycles. The predicted octanol–water partition coefficient (Wildman–Crippen LogP) is 4.02. The fraction of sp³-hybridized carbons (Fsp3) is 0.0714. The van der Waals surface area contributed by atoms with Crippen LogP contribution in [0, 0.1) is 12.7 Å². The molecule has 5 heteroatoms. The lowest BCUT2D eigenvalue weighted by atomic mass is 10.1. The van der Waals surface area contributed by atoms with Gasteiger partial charge in [0.25, 0.3) is 0 Å². The third-order valence-corrected chi connectivity index (χ3v) is 3.47. The first-order valence-corrected chi connectivity index (χ1v) is 6.55. The molecule has 0 amide bonds. The van der Waals surface area contributed by atoms with Crippen LogP contribution in [0.3, 0.4) is 0 Å². The Kier molecular flexibility index (Phi) is 2.78. The van der Waals surface area contributed by atoms with Gasteiger partial charge >= 0.3 is 0 Å². The maximum absolute atomic E-state index is 13.3. The van der Waals surface area contributed by atoms with Crippen molar-refractivity contribution in [2.75, 3.05) is 5.73 Å². The molecule has 1 aromatic heterocycles. The molecule has 0 aliphatic carbocycles. The van der Waals surface area contributed by atoms with Crippen LogP contribution in [0.1, 0.15) is 5.56 Å². The molecule has 0 saturated carbocycles. The van der Waals surface area contributed by atoms with Crippen LogP contribution in [-0.4, -0.2) is 9.97 Å². The number of nitrogen functional groups attached to an aromatic ring is 1. The van der Waals surface area contributed by atoms with E-state index in [4.69, 9.17) is 5.73 Å². The summed E-state index contributed by atoms with van der Waals surface area (Å²) < 4.78 is 14.2. The van der Waals surface area contributed by atoms with Gasteiger partial charge in [-0.2, -0.15) is 0 Å². The summed E-state index contributed by atoms with van der Waals surface area (Å²) in [6.07, 6.45) is 0. The van der Waals surface area contributed by atoms with Crippen LogP contribution in [-0.2, 0) is 0 Å². The number of halogens is 2. The number of aromatic amines is 1. The number of anilines is 1. The molecule has 2 aromatic carbocycles. The molecule has 96 valence electrons. The van der Waals surface area contributed by atoms with Crippen molar-refractivity contribution >= 4 is 32.7 Å². The van der Waals surface area contributed by atoms with E-state index in [1.165, 1.54) is 6.07 Å². The van der Waals surface area contributed by atoms with Crippen LogP contribution in [0.15, 0.2) is 34.8 Å². The lowest BCUT2D eigenvalue weighted by molar-refractivity contribution is 0.618. The Hall–Kier alpha value is -1.88. The van der Waals surface area contributed by atoms with Gasteiger partial charge in [0.2, 0.25) is 0 Å². The summed E-state index contributed by atoms with van der Waals surface area (Å²) in [6.45, 7) is 1.73. The minimum absolute atomic E-state index is 0.220. The van der Waals surface area contributed by atoms with Crippen molar-refractivity contribution in [2.24, 2.45) is 0 Å². The van der Waals surface area contributed by atoms with Gasteiger partial charge in [-0.05, 0) is 42.8 Å². The SMILES string of the molecule is Cc1cc(-c2nc3c(N)cc(Br)cc3[nH]2)ccc1F. The fourth-order valence-corrected chi connectivity index (χ4v) is 2.51. The number of benzene rings is 2. The molecule has 19 heavy (non-hydrogen) atoms. The molecular weight excluding hydrogens is 309 g/mol. The Morgan fingerprint density at radius 2 is 2.05 bits per heavy atom. The second kappa shape index (κ2) is 4.35. The van der Waals surface area contributed by atoms with E-state index >= 15 is 0 Å². The maximum atomic E-state index is 13.3. The highest BCUT2D eigenvalue weighted by Gasteiger charge is 2.09. The van der Waals surface area contributed by atoms with Gasteiger partial charge in [0.15, 0.2) is 0 Å². The Balaban J connectivity index is 2.20. The second-order valence-electron chi connectivity index (χ2n) is 4.44. The highest BCUT2D eigenvalue weighted by molar-refractivity contribution is 9.10. The van der Waals surface area contributed by atoms with Gasteiger partial charge in [-0.1, -0.05) is 15.9 Å². The number of nitrogens with one attached hydrogen (secondary N) is 1. The van der Waals surface area contributed by atoms with E-state index in [1.54, 1.807) is 19.1 Å². The molecule has 0 spiro atoms. The highest BCUT2D eigenvalue weighted by atomic mass is 79.9. The molecule has 3 nitrogen and oxygen atoms in total. The molecule has 0 bridgehead atoms. The van der Waals surface area contributed by atoms with Crippen molar-refractivity contribution < 1.29 is 4.39 Å². The number of rotatable bonds is 1. The summed E-state index contributed by atoms with van der Waals surface area (Å²) in [5, 5.41) is 0. The Bertz CT molecular complexity index is 780. The van der Waals surface area contributed by atoms with Crippen molar-refractivity contribution in [2.45, 2.75) is 6.92 Å². The van der Waals surface area contributed by atoms with E-state index < -0.39 is 0 Å². The van der Waals surface area contributed by atoms with Crippen LogP contribution in [0.4, 0.5) is 10.1 Å². The van der Waals surface area contributed by atoms with E-state index in [0.29, 0.717) is 17.1 Å². The van der Waals surface area contributed by atoms with Crippen molar-refractivity contribution in [3.63, 3.8) is 0 Å². The molecule has 0 atom stereocenters. The normalized spacial score (nSPS) is 11.1. The minimum Gasteiger partial charge on any atom is -0.397 e. The van der Waals surface area contributed by atoms with Gasteiger partial charge in [0.05, 0.1) is 11.2 Å².